The summed E-state index contributed by atoms with van der Waals surface area (Å²) >= 11 is 0. The molecule has 3 amide bonds. The molecule has 0 atom stereocenters. The lowest BCUT2D eigenvalue weighted by Crippen LogP contribution is -2.47. The van der Waals surface area contributed by atoms with Gasteiger partial charge in [0.05, 0.1) is 0 Å². The van der Waals surface area contributed by atoms with Gasteiger partial charge in [-0.2, -0.15) is 0 Å². The van der Waals surface area contributed by atoms with E-state index in [2.05, 4.69) is 5.32 Å². The van der Waals surface area contributed by atoms with E-state index in [0.717, 1.165) is 16.0 Å². The number of nitrogen functional groups attached to an aromatic ring is 2. The van der Waals surface area contributed by atoms with E-state index in [9.17, 15) is 9.59 Å². The highest BCUT2D eigenvalue weighted by atomic mass is 16.6. The second kappa shape index (κ2) is 9.82. The number of urea groups is 1. The first kappa shape index (κ1) is 22.1. The Bertz CT molecular complexity index is 829. The van der Waals surface area contributed by atoms with Gasteiger partial charge in [-0.1, -0.05) is 24.3 Å². The quantitative estimate of drug-likeness (QED) is 0.644. The van der Waals surface area contributed by atoms with Crippen molar-refractivity contribution in [3.8, 4) is 0 Å². The molecule has 2 rings (SSSR count). The molecule has 0 bridgehead atoms. The van der Waals surface area contributed by atoms with Crippen molar-refractivity contribution in [3.05, 3.63) is 59.7 Å². The topological polar surface area (TPSA) is 111 Å². The van der Waals surface area contributed by atoms with Crippen LogP contribution in [-0.4, -0.2) is 35.7 Å². The average Bonchev–Trinajstić information content (AvgIpc) is 2.62. The molecule has 0 aliphatic carbocycles. The minimum atomic E-state index is -0.696. The van der Waals surface area contributed by atoms with Gasteiger partial charge in [-0.05, 0) is 69.0 Å². The van der Waals surface area contributed by atoms with Crippen molar-refractivity contribution in [2.45, 2.75) is 39.2 Å². The van der Waals surface area contributed by atoms with Crippen molar-refractivity contribution < 1.29 is 14.3 Å². The van der Waals surface area contributed by atoms with Gasteiger partial charge in [-0.3, -0.25) is 0 Å². The summed E-state index contributed by atoms with van der Waals surface area (Å²) in [7, 11) is 0. The SMILES string of the molecule is CC(C)(C)OC(=O)N(CCc1ccc(N)cc1)C(=O)NCCc1cccc(N)c1. The molecule has 0 aliphatic rings. The fourth-order valence-corrected chi connectivity index (χ4v) is 2.68. The number of anilines is 2. The Morgan fingerprint density at radius 2 is 1.66 bits per heavy atom. The van der Waals surface area contributed by atoms with E-state index in [4.69, 9.17) is 16.2 Å². The number of amides is 3. The minimum Gasteiger partial charge on any atom is -0.443 e. The lowest BCUT2D eigenvalue weighted by Gasteiger charge is -2.26. The molecule has 5 N–H and O–H groups in total. The zero-order valence-corrected chi connectivity index (χ0v) is 17.3. The Hall–Kier alpha value is -3.22. The second-order valence-electron chi connectivity index (χ2n) is 7.85. The molecule has 0 spiro atoms. The van der Waals surface area contributed by atoms with Gasteiger partial charge in [0.1, 0.15) is 5.60 Å². The number of imide groups is 1. The number of carbonyl (C=O) groups is 2. The Labute approximate surface area is 172 Å². The highest BCUT2D eigenvalue weighted by Gasteiger charge is 2.26. The lowest BCUT2D eigenvalue weighted by atomic mass is 10.1. The summed E-state index contributed by atoms with van der Waals surface area (Å²) < 4.78 is 5.40. The van der Waals surface area contributed by atoms with E-state index in [1.54, 1.807) is 32.9 Å². The molecule has 2 aromatic rings. The normalized spacial score (nSPS) is 11.0. The summed E-state index contributed by atoms with van der Waals surface area (Å²) in [5.41, 5.74) is 14.1. The van der Waals surface area contributed by atoms with Gasteiger partial charge >= 0.3 is 12.1 Å². The van der Waals surface area contributed by atoms with Crippen molar-refractivity contribution in [1.29, 1.82) is 0 Å². The number of hydrogen-bond donors (Lipinski definition) is 3. The van der Waals surface area contributed by atoms with E-state index in [0.29, 0.717) is 30.8 Å². The standard InChI is InChI=1S/C22H30N4O3/c1-22(2,3)29-21(28)26(14-12-16-7-9-18(23)10-8-16)20(27)25-13-11-17-5-4-6-19(24)15-17/h4-10,15H,11-14,23-24H2,1-3H3,(H,25,27). The molecule has 0 fully saturated rings. The number of nitrogens with two attached hydrogens (primary N) is 2. The monoisotopic (exact) mass is 398 g/mol. The first-order valence-corrected chi connectivity index (χ1v) is 9.61. The van der Waals surface area contributed by atoms with E-state index >= 15 is 0 Å². The Morgan fingerprint density at radius 3 is 2.28 bits per heavy atom. The zero-order chi connectivity index (χ0) is 21.4. The van der Waals surface area contributed by atoms with Crippen LogP contribution >= 0.6 is 0 Å². The smallest absolute Gasteiger partial charge is 0.418 e. The molecule has 0 radical (unpaired) electrons. The summed E-state index contributed by atoms with van der Waals surface area (Å²) in [6.07, 6.45) is 0.438. The van der Waals surface area contributed by atoms with E-state index < -0.39 is 17.7 Å². The third-order valence-corrected chi connectivity index (χ3v) is 4.10. The van der Waals surface area contributed by atoms with Gasteiger partial charge < -0.3 is 21.5 Å². The molecule has 0 saturated carbocycles. The van der Waals surface area contributed by atoms with Gasteiger partial charge in [-0.25, -0.2) is 14.5 Å². The number of rotatable bonds is 6. The predicted octanol–water partition coefficient (Wildman–Crippen LogP) is 3.58. The van der Waals surface area contributed by atoms with Crippen LogP contribution in [0.5, 0.6) is 0 Å². The van der Waals surface area contributed by atoms with Crippen LogP contribution in [0.4, 0.5) is 21.0 Å². The predicted molar refractivity (Wildman–Crippen MR) is 115 cm³/mol. The van der Waals surface area contributed by atoms with Crippen molar-refractivity contribution >= 4 is 23.5 Å². The van der Waals surface area contributed by atoms with Crippen molar-refractivity contribution in [1.82, 2.24) is 10.2 Å². The molecular weight excluding hydrogens is 368 g/mol. The fraction of sp³-hybridized carbons (Fsp3) is 0.364. The Kier molecular flexibility index (Phi) is 7.47. The third kappa shape index (κ3) is 7.73. The molecule has 0 heterocycles. The van der Waals surface area contributed by atoms with Crippen LogP contribution in [0.2, 0.25) is 0 Å². The molecule has 0 unspecified atom stereocenters. The summed E-state index contributed by atoms with van der Waals surface area (Å²) in [5, 5.41) is 2.79. The van der Waals surface area contributed by atoms with Crippen LogP contribution in [0.15, 0.2) is 48.5 Å². The number of carbonyl (C=O) groups excluding carboxylic acids is 2. The molecule has 0 aromatic heterocycles. The van der Waals surface area contributed by atoms with Gasteiger partial charge in [0.15, 0.2) is 0 Å². The summed E-state index contributed by atoms with van der Waals surface area (Å²) in [5.74, 6) is 0. The van der Waals surface area contributed by atoms with Crippen molar-refractivity contribution in [2.24, 2.45) is 0 Å². The number of nitrogens with one attached hydrogen (secondary N) is 1. The second-order valence-corrected chi connectivity index (χ2v) is 7.85. The van der Waals surface area contributed by atoms with Crippen LogP contribution < -0.4 is 16.8 Å². The highest BCUT2D eigenvalue weighted by molar-refractivity contribution is 5.91. The number of ether oxygens (including phenoxy) is 1. The molecule has 29 heavy (non-hydrogen) atoms. The van der Waals surface area contributed by atoms with Gasteiger partial charge in [-0.15, -0.1) is 0 Å². The Balaban J connectivity index is 1.99. The van der Waals surface area contributed by atoms with Gasteiger partial charge in [0.2, 0.25) is 0 Å². The first-order valence-electron chi connectivity index (χ1n) is 9.61. The van der Waals surface area contributed by atoms with E-state index in [-0.39, 0.29) is 6.54 Å². The van der Waals surface area contributed by atoms with E-state index in [1.165, 1.54) is 0 Å². The molecule has 156 valence electrons. The maximum Gasteiger partial charge on any atom is 0.418 e. The van der Waals surface area contributed by atoms with E-state index in [1.807, 2.05) is 36.4 Å². The minimum absolute atomic E-state index is 0.197. The highest BCUT2D eigenvalue weighted by Crippen LogP contribution is 2.12. The van der Waals surface area contributed by atoms with Crippen LogP contribution in [-0.2, 0) is 17.6 Å². The molecule has 0 saturated heterocycles. The van der Waals surface area contributed by atoms with Gasteiger partial charge in [0.25, 0.3) is 0 Å². The van der Waals surface area contributed by atoms with Gasteiger partial charge in [0, 0.05) is 24.5 Å². The summed E-state index contributed by atoms with van der Waals surface area (Å²) in [6.45, 7) is 5.87. The average molecular weight is 399 g/mol. The molecule has 0 aliphatic heterocycles. The maximum absolute atomic E-state index is 12.7. The lowest BCUT2D eigenvalue weighted by molar-refractivity contribution is 0.0323. The van der Waals surface area contributed by atoms with Crippen LogP contribution in [0.1, 0.15) is 31.9 Å². The van der Waals surface area contributed by atoms with Crippen LogP contribution in [0.25, 0.3) is 0 Å². The number of nitrogens with zero attached hydrogens (tertiary/aromatic N) is 1. The zero-order valence-electron chi connectivity index (χ0n) is 17.3. The van der Waals surface area contributed by atoms with Crippen molar-refractivity contribution in [3.63, 3.8) is 0 Å². The third-order valence-electron chi connectivity index (χ3n) is 4.10. The molecule has 7 heteroatoms. The summed E-state index contributed by atoms with van der Waals surface area (Å²) in [6, 6.07) is 14.3. The largest absolute Gasteiger partial charge is 0.443 e. The summed E-state index contributed by atoms with van der Waals surface area (Å²) in [4.78, 5) is 26.3. The molecular formula is C22H30N4O3. The number of benzene rings is 2. The van der Waals surface area contributed by atoms with Crippen molar-refractivity contribution in [2.75, 3.05) is 24.6 Å². The first-order chi connectivity index (χ1) is 13.6. The molecule has 2 aromatic carbocycles. The number of hydrogen-bond acceptors (Lipinski definition) is 5. The fourth-order valence-electron chi connectivity index (χ4n) is 2.68. The molecule has 7 nitrogen and oxygen atoms in total. The Morgan fingerprint density at radius 1 is 0.966 bits per heavy atom. The maximum atomic E-state index is 12.7. The van der Waals surface area contributed by atoms with Crippen LogP contribution in [0.3, 0.4) is 0 Å². The van der Waals surface area contributed by atoms with Crippen LogP contribution in [0, 0.1) is 0 Å².